The summed E-state index contributed by atoms with van der Waals surface area (Å²) in [6, 6.07) is 14.0. The molecule has 4 aromatic rings. The van der Waals surface area contributed by atoms with Crippen LogP contribution in [0.15, 0.2) is 67.1 Å². The molecular weight excluding hydrogens is 394 g/mol. The van der Waals surface area contributed by atoms with Crippen molar-refractivity contribution < 1.29 is 14.7 Å². The summed E-state index contributed by atoms with van der Waals surface area (Å²) >= 11 is 0. The molecule has 0 fully saturated rings. The SMILES string of the molecule is C#Cc1cccc(N(C)C(=O)c2ccc3ncc(-c4ccc(NC(=O)O)nc4)n3c2)c1. The molecule has 0 aliphatic carbocycles. The molecule has 0 saturated carbocycles. The highest BCUT2D eigenvalue weighted by Crippen LogP contribution is 2.23. The second-order valence-corrected chi connectivity index (χ2v) is 6.71. The van der Waals surface area contributed by atoms with Crippen LogP contribution in [0.5, 0.6) is 0 Å². The Balaban J connectivity index is 1.67. The highest BCUT2D eigenvalue weighted by atomic mass is 16.4. The summed E-state index contributed by atoms with van der Waals surface area (Å²) in [7, 11) is 1.69. The van der Waals surface area contributed by atoms with Crippen LogP contribution in [-0.4, -0.2) is 38.5 Å². The van der Waals surface area contributed by atoms with Crippen LogP contribution < -0.4 is 10.2 Å². The number of carboxylic acid groups (broad SMARTS) is 1. The lowest BCUT2D eigenvalue weighted by Crippen LogP contribution is -2.26. The van der Waals surface area contributed by atoms with Gasteiger partial charge in [0.1, 0.15) is 11.5 Å². The van der Waals surface area contributed by atoms with E-state index < -0.39 is 6.09 Å². The first-order chi connectivity index (χ1) is 15.0. The number of aromatic nitrogens is 3. The zero-order chi connectivity index (χ0) is 22.0. The lowest BCUT2D eigenvalue weighted by atomic mass is 10.1. The molecule has 8 heteroatoms. The van der Waals surface area contributed by atoms with E-state index in [1.165, 1.54) is 4.90 Å². The molecule has 31 heavy (non-hydrogen) atoms. The molecule has 0 saturated heterocycles. The van der Waals surface area contributed by atoms with Crippen molar-refractivity contribution in [3.8, 4) is 23.6 Å². The smallest absolute Gasteiger partial charge is 0.410 e. The molecular formula is C23H17N5O3. The number of pyridine rings is 2. The predicted octanol–water partition coefficient (Wildman–Crippen LogP) is 3.74. The van der Waals surface area contributed by atoms with E-state index >= 15 is 0 Å². The first-order valence-electron chi connectivity index (χ1n) is 9.24. The zero-order valence-electron chi connectivity index (χ0n) is 16.5. The summed E-state index contributed by atoms with van der Waals surface area (Å²) in [6.45, 7) is 0. The van der Waals surface area contributed by atoms with Crippen molar-refractivity contribution in [3.63, 3.8) is 0 Å². The third-order valence-electron chi connectivity index (χ3n) is 4.75. The fourth-order valence-corrected chi connectivity index (χ4v) is 3.16. The van der Waals surface area contributed by atoms with Gasteiger partial charge in [0.25, 0.3) is 5.91 Å². The van der Waals surface area contributed by atoms with Gasteiger partial charge in [0.2, 0.25) is 0 Å². The number of benzene rings is 1. The number of amides is 2. The largest absolute Gasteiger partial charge is 0.465 e. The Hall–Kier alpha value is -4.64. The summed E-state index contributed by atoms with van der Waals surface area (Å²) < 4.78 is 1.79. The molecule has 152 valence electrons. The van der Waals surface area contributed by atoms with Crippen molar-refractivity contribution in [3.05, 3.63) is 78.2 Å². The highest BCUT2D eigenvalue weighted by molar-refractivity contribution is 6.05. The van der Waals surface area contributed by atoms with Gasteiger partial charge in [-0.25, -0.2) is 14.8 Å². The van der Waals surface area contributed by atoms with Gasteiger partial charge in [-0.15, -0.1) is 6.42 Å². The van der Waals surface area contributed by atoms with Crippen LogP contribution in [0.1, 0.15) is 15.9 Å². The van der Waals surface area contributed by atoms with Gasteiger partial charge in [-0.3, -0.25) is 14.5 Å². The Labute approximate surface area is 177 Å². The molecule has 3 heterocycles. The van der Waals surface area contributed by atoms with Crippen molar-refractivity contribution >= 4 is 29.2 Å². The molecule has 0 aliphatic rings. The normalized spacial score (nSPS) is 10.5. The van der Waals surface area contributed by atoms with Crippen molar-refractivity contribution in [2.75, 3.05) is 17.3 Å². The number of hydrogen-bond donors (Lipinski definition) is 2. The molecule has 3 aromatic heterocycles. The Morgan fingerprint density at radius 1 is 1.13 bits per heavy atom. The van der Waals surface area contributed by atoms with Gasteiger partial charge in [-0.1, -0.05) is 12.0 Å². The van der Waals surface area contributed by atoms with Gasteiger partial charge in [0, 0.05) is 36.3 Å². The fourth-order valence-electron chi connectivity index (χ4n) is 3.16. The topological polar surface area (TPSA) is 99.8 Å². The van der Waals surface area contributed by atoms with E-state index in [1.807, 2.05) is 6.07 Å². The van der Waals surface area contributed by atoms with Gasteiger partial charge in [-0.05, 0) is 42.5 Å². The van der Waals surface area contributed by atoms with Gasteiger partial charge in [0.15, 0.2) is 0 Å². The number of fused-ring (bicyclic) bond motifs is 1. The standard InChI is InChI=1S/C23H17N5O3/c1-3-15-5-4-6-18(11-15)27(2)22(29)17-8-10-21-25-13-19(28(21)14-17)16-7-9-20(24-12-16)26-23(30)31/h1,4-14H,2H3,(H,24,26)(H,30,31). The van der Waals surface area contributed by atoms with Crippen LogP contribution in [0, 0.1) is 12.3 Å². The molecule has 0 bridgehead atoms. The summed E-state index contributed by atoms with van der Waals surface area (Å²) in [5, 5.41) is 11.0. The molecule has 8 nitrogen and oxygen atoms in total. The number of carbonyl (C=O) groups is 2. The number of imidazole rings is 1. The van der Waals surface area contributed by atoms with Gasteiger partial charge in [-0.2, -0.15) is 0 Å². The van der Waals surface area contributed by atoms with Crippen molar-refractivity contribution in [1.29, 1.82) is 0 Å². The second-order valence-electron chi connectivity index (χ2n) is 6.71. The number of carbonyl (C=O) groups excluding carboxylic acids is 1. The van der Waals surface area contributed by atoms with E-state index in [0.29, 0.717) is 22.5 Å². The lowest BCUT2D eigenvalue weighted by molar-refractivity contribution is 0.0992. The van der Waals surface area contributed by atoms with Gasteiger partial charge in [0.05, 0.1) is 17.5 Å². The minimum Gasteiger partial charge on any atom is -0.465 e. The third kappa shape index (κ3) is 3.93. The van der Waals surface area contributed by atoms with Crippen LogP contribution in [0.2, 0.25) is 0 Å². The Bertz CT molecular complexity index is 1340. The molecule has 2 amide bonds. The number of hydrogen-bond acceptors (Lipinski definition) is 4. The highest BCUT2D eigenvalue weighted by Gasteiger charge is 2.16. The van der Waals surface area contributed by atoms with Crippen LogP contribution in [0.25, 0.3) is 16.9 Å². The van der Waals surface area contributed by atoms with E-state index in [9.17, 15) is 9.59 Å². The second kappa shape index (κ2) is 8.00. The maximum Gasteiger partial charge on any atom is 0.410 e. The molecule has 2 N–H and O–H groups in total. The Kier molecular flexibility index (Phi) is 5.08. The van der Waals surface area contributed by atoms with E-state index in [2.05, 4.69) is 21.2 Å². The van der Waals surface area contributed by atoms with Crippen molar-refractivity contribution in [2.24, 2.45) is 0 Å². The predicted molar refractivity (Wildman–Crippen MR) is 117 cm³/mol. The number of nitrogens with zero attached hydrogens (tertiary/aromatic N) is 4. The molecule has 0 aliphatic heterocycles. The molecule has 0 spiro atoms. The number of anilines is 2. The summed E-state index contributed by atoms with van der Waals surface area (Å²) in [6.07, 6.45) is 9.20. The Morgan fingerprint density at radius 2 is 1.97 bits per heavy atom. The molecule has 1 aromatic carbocycles. The van der Waals surface area contributed by atoms with Crippen LogP contribution >= 0.6 is 0 Å². The molecule has 0 atom stereocenters. The third-order valence-corrected chi connectivity index (χ3v) is 4.75. The average molecular weight is 411 g/mol. The molecule has 4 rings (SSSR count). The van der Waals surface area contributed by atoms with E-state index in [4.69, 9.17) is 11.5 Å². The summed E-state index contributed by atoms with van der Waals surface area (Å²) in [4.78, 5) is 33.8. The first kappa shape index (κ1) is 19.7. The van der Waals surface area contributed by atoms with E-state index in [1.54, 1.807) is 72.5 Å². The fraction of sp³-hybridized carbons (Fsp3) is 0.0435. The number of nitrogens with one attached hydrogen (secondary N) is 1. The minimum atomic E-state index is -1.19. The van der Waals surface area contributed by atoms with Crippen LogP contribution in [0.4, 0.5) is 16.3 Å². The molecule has 0 radical (unpaired) electrons. The van der Waals surface area contributed by atoms with Gasteiger partial charge >= 0.3 is 6.09 Å². The van der Waals surface area contributed by atoms with E-state index in [0.717, 1.165) is 11.3 Å². The number of terminal acetylenes is 1. The molecule has 0 unspecified atom stereocenters. The average Bonchev–Trinajstić information content (AvgIpc) is 3.21. The first-order valence-corrected chi connectivity index (χ1v) is 9.24. The lowest BCUT2D eigenvalue weighted by Gasteiger charge is -2.18. The van der Waals surface area contributed by atoms with E-state index in [-0.39, 0.29) is 11.7 Å². The minimum absolute atomic E-state index is 0.199. The number of rotatable bonds is 4. The Morgan fingerprint density at radius 3 is 2.68 bits per heavy atom. The summed E-state index contributed by atoms with van der Waals surface area (Å²) in [5.74, 6) is 2.59. The quantitative estimate of drug-likeness (QED) is 0.498. The maximum absolute atomic E-state index is 13.1. The maximum atomic E-state index is 13.1. The van der Waals surface area contributed by atoms with Crippen molar-refractivity contribution in [1.82, 2.24) is 14.4 Å². The van der Waals surface area contributed by atoms with Gasteiger partial charge < -0.3 is 10.0 Å². The van der Waals surface area contributed by atoms with Crippen LogP contribution in [0.3, 0.4) is 0 Å². The van der Waals surface area contributed by atoms with Crippen LogP contribution in [-0.2, 0) is 0 Å². The summed E-state index contributed by atoms with van der Waals surface area (Å²) in [5.41, 5.74) is 3.96. The zero-order valence-corrected chi connectivity index (χ0v) is 16.5. The van der Waals surface area contributed by atoms with Crippen molar-refractivity contribution in [2.45, 2.75) is 0 Å². The monoisotopic (exact) mass is 411 g/mol.